The second-order valence-electron chi connectivity index (χ2n) is 11.0. The molecule has 2 heterocycles. The molecular weight excluding hydrogens is 404 g/mol. The second-order valence-corrected chi connectivity index (χ2v) is 11.0. The Hall–Kier alpha value is -1.89. The molecular formula is C25H44N4O3. The molecule has 0 radical (unpaired) electrons. The Morgan fingerprint density at radius 1 is 1.06 bits per heavy atom. The predicted octanol–water partition coefficient (Wildman–Crippen LogP) is 2.66. The number of hydrogen-bond donors (Lipinski definition) is 1. The van der Waals surface area contributed by atoms with Crippen LogP contribution in [0.1, 0.15) is 67.2 Å². The molecule has 2 fully saturated rings. The summed E-state index contributed by atoms with van der Waals surface area (Å²) in [5.41, 5.74) is 0.227. The lowest BCUT2D eigenvalue weighted by molar-refractivity contribution is -0.141. The molecule has 7 nitrogen and oxygen atoms in total. The SMILES string of the molecule is C/C(=C\[C@H](C(C)C)N(C)C(=O)[C@@H](NC(=O)[C@H]1CCCCN1C)C(C)(C)C)C(=O)N1CCC1. The van der Waals surface area contributed by atoms with Crippen molar-refractivity contribution in [2.75, 3.05) is 33.7 Å². The normalized spacial score (nSPS) is 22.2. The summed E-state index contributed by atoms with van der Waals surface area (Å²) in [6.07, 6.45) is 5.91. The van der Waals surface area contributed by atoms with Crippen LogP contribution in [0.25, 0.3) is 0 Å². The second kappa shape index (κ2) is 10.8. The largest absolute Gasteiger partial charge is 0.342 e. The highest BCUT2D eigenvalue weighted by molar-refractivity contribution is 5.94. The first-order valence-electron chi connectivity index (χ1n) is 12.1. The first-order chi connectivity index (χ1) is 14.8. The summed E-state index contributed by atoms with van der Waals surface area (Å²) in [6.45, 7) is 14.4. The van der Waals surface area contributed by atoms with Crippen molar-refractivity contribution in [3.8, 4) is 0 Å². The zero-order chi connectivity index (χ0) is 24.2. The first-order valence-corrected chi connectivity index (χ1v) is 12.1. The third-order valence-electron chi connectivity index (χ3n) is 6.85. The van der Waals surface area contributed by atoms with Crippen LogP contribution in [0.15, 0.2) is 11.6 Å². The van der Waals surface area contributed by atoms with E-state index in [2.05, 4.69) is 10.2 Å². The van der Waals surface area contributed by atoms with Crippen LogP contribution in [0.2, 0.25) is 0 Å². The maximum absolute atomic E-state index is 13.7. The number of piperidine rings is 1. The molecule has 0 aromatic heterocycles. The topological polar surface area (TPSA) is 73.0 Å². The van der Waals surface area contributed by atoms with E-state index in [-0.39, 0.29) is 35.7 Å². The van der Waals surface area contributed by atoms with Gasteiger partial charge in [-0.15, -0.1) is 0 Å². The van der Waals surface area contributed by atoms with Gasteiger partial charge in [0.25, 0.3) is 0 Å². The fourth-order valence-electron chi connectivity index (χ4n) is 4.49. The molecule has 0 bridgehead atoms. The van der Waals surface area contributed by atoms with Crippen LogP contribution in [-0.4, -0.2) is 84.3 Å². The van der Waals surface area contributed by atoms with Crippen molar-refractivity contribution in [3.05, 3.63) is 11.6 Å². The summed E-state index contributed by atoms with van der Waals surface area (Å²) in [5.74, 6) is -0.0224. The van der Waals surface area contributed by atoms with E-state index in [1.807, 2.05) is 59.6 Å². The molecule has 0 saturated carbocycles. The van der Waals surface area contributed by atoms with Gasteiger partial charge in [-0.2, -0.15) is 0 Å². The van der Waals surface area contributed by atoms with Crippen LogP contribution in [0.3, 0.4) is 0 Å². The lowest BCUT2D eigenvalue weighted by atomic mass is 9.84. The summed E-state index contributed by atoms with van der Waals surface area (Å²) < 4.78 is 0. The summed E-state index contributed by atoms with van der Waals surface area (Å²) in [4.78, 5) is 45.0. The van der Waals surface area contributed by atoms with Gasteiger partial charge in [0.05, 0.1) is 12.1 Å². The Kier molecular flexibility index (Phi) is 8.91. The third-order valence-corrected chi connectivity index (χ3v) is 6.85. The molecule has 0 aromatic rings. The Bertz CT molecular complexity index is 721. The quantitative estimate of drug-likeness (QED) is 0.608. The molecule has 2 rings (SSSR count). The molecule has 2 aliphatic rings. The smallest absolute Gasteiger partial charge is 0.249 e. The zero-order valence-corrected chi connectivity index (χ0v) is 21.4. The molecule has 2 saturated heterocycles. The summed E-state index contributed by atoms with van der Waals surface area (Å²) in [7, 11) is 3.75. The van der Waals surface area contributed by atoms with Crippen LogP contribution < -0.4 is 5.32 Å². The van der Waals surface area contributed by atoms with Crippen molar-refractivity contribution in [2.45, 2.75) is 85.4 Å². The number of rotatable bonds is 7. The van der Waals surface area contributed by atoms with Gasteiger partial charge in [-0.1, -0.05) is 47.1 Å². The number of hydrogen-bond acceptors (Lipinski definition) is 4. The average molecular weight is 449 g/mol. The van der Waals surface area contributed by atoms with Gasteiger partial charge < -0.3 is 15.1 Å². The van der Waals surface area contributed by atoms with Gasteiger partial charge in [-0.25, -0.2) is 0 Å². The molecule has 0 spiro atoms. The van der Waals surface area contributed by atoms with Crippen molar-refractivity contribution >= 4 is 17.7 Å². The Balaban J connectivity index is 2.20. The molecule has 0 unspecified atom stereocenters. The minimum atomic E-state index is -0.642. The monoisotopic (exact) mass is 448 g/mol. The van der Waals surface area contributed by atoms with Crippen LogP contribution >= 0.6 is 0 Å². The zero-order valence-electron chi connectivity index (χ0n) is 21.4. The summed E-state index contributed by atoms with van der Waals surface area (Å²) in [5, 5.41) is 3.08. The van der Waals surface area contributed by atoms with Gasteiger partial charge in [0.1, 0.15) is 6.04 Å². The molecule has 0 aliphatic carbocycles. The van der Waals surface area contributed by atoms with Gasteiger partial charge in [0.15, 0.2) is 0 Å². The van der Waals surface area contributed by atoms with Gasteiger partial charge in [0.2, 0.25) is 17.7 Å². The van der Waals surface area contributed by atoms with E-state index in [0.717, 1.165) is 45.3 Å². The Morgan fingerprint density at radius 2 is 1.69 bits per heavy atom. The number of nitrogens with zero attached hydrogens (tertiary/aromatic N) is 3. The molecule has 0 aromatic carbocycles. The van der Waals surface area contributed by atoms with E-state index in [9.17, 15) is 14.4 Å². The van der Waals surface area contributed by atoms with Crippen molar-refractivity contribution in [1.29, 1.82) is 0 Å². The highest BCUT2D eigenvalue weighted by atomic mass is 16.2. The van der Waals surface area contributed by atoms with Crippen LogP contribution in [0.4, 0.5) is 0 Å². The van der Waals surface area contributed by atoms with Crippen LogP contribution in [0, 0.1) is 11.3 Å². The number of likely N-dealkylation sites (tertiary alicyclic amines) is 2. The Morgan fingerprint density at radius 3 is 2.16 bits per heavy atom. The maximum Gasteiger partial charge on any atom is 0.249 e. The van der Waals surface area contributed by atoms with Gasteiger partial charge >= 0.3 is 0 Å². The van der Waals surface area contributed by atoms with Crippen molar-refractivity contribution in [1.82, 2.24) is 20.0 Å². The van der Waals surface area contributed by atoms with Crippen LogP contribution in [0.5, 0.6) is 0 Å². The van der Waals surface area contributed by atoms with Crippen LogP contribution in [-0.2, 0) is 14.4 Å². The van der Waals surface area contributed by atoms with Crippen molar-refractivity contribution in [2.24, 2.45) is 11.3 Å². The Labute approximate surface area is 194 Å². The summed E-state index contributed by atoms with van der Waals surface area (Å²) >= 11 is 0. The molecule has 7 heteroatoms. The molecule has 3 atom stereocenters. The minimum Gasteiger partial charge on any atom is -0.342 e. The predicted molar refractivity (Wildman–Crippen MR) is 128 cm³/mol. The highest BCUT2D eigenvalue weighted by Crippen LogP contribution is 2.25. The lowest BCUT2D eigenvalue weighted by Gasteiger charge is -2.39. The standard InChI is InChI=1S/C25H44N4O3/c1-17(2)20(16-18(3)23(31)29-14-11-15-29)28(8)24(32)21(25(4,5)6)26-22(30)19-12-9-10-13-27(19)7/h16-17,19-21H,9-15H2,1-8H3,(H,26,30)/b18-16+/t19-,20-,21-/m1/s1. The number of nitrogens with one attached hydrogen (secondary N) is 1. The molecule has 2 aliphatic heterocycles. The van der Waals surface area contributed by atoms with E-state index in [4.69, 9.17) is 0 Å². The average Bonchev–Trinajstić information content (AvgIpc) is 2.66. The van der Waals surface area contributed by atoms with E-state index in [0.29, 0.717) is 5.57 Å². The first kappa shape index (κ1) is 26.4. The van der Waals surface area contributed by atoms with Gasteiger partial charge in [-0.05, 0) is 51.1 Å². The molecule has 3 amide bonds. The lowest BCUT2D eigenvalue weighted by Crippen LogP contribution is -2.59. The van der Waals surface area contributed by atoms with E-state index >= 15 is 0 Å². The number of likely N-dealkylation sites (N-methyl/N-ethyl adjacent to an activating group) is 2. The summed E-state index contributed by atoms with van der Waals surface area (Å²) in [6, 6.07) is -1.06. The number of amides is 3. The maximum atomic E-state index is 13.7. The van der Waals surface area contributed by atoms with E-state index < -0.39 is 11.5 Å². The van der Waals surface area contributed by atoms with E-state index in [1.165, 1.54) is 0 Å². The van der Waals surface area contributed by atoms with Crippen molar-refractivity contribution < 1.29 is 14.4 Å². The fraction of sp³-hybridized carbons (Fsp3) is 0.800. The van der Waals surface area contributed by atoms with Gasteiger partial charge in [-0.3, -0.25) is 19.3 Å². The van der Waals surface area contributed by atoms with Crippen molar-refractivity contribution in [3.63, 3.8) is 0 Å². The minimum absolute atomic E-state index is 0.0451. The van der Waals surface area contributed by atoms with Gasteiger partial charge in [0, 0.05) is 25.7 Å². The fourth-order valence-corrected chi connectivity index (χ4v) is 4.49. The van der Waals surface area contributed by atoms with E-state index in [1.54, 1.807) is 11.9 Å². The third kappa shape index (κ3) is 6.33. The number of carbonyl (C=O) groups is 3. The highest BCUT2D eigenvalue weighted by Gasteiger charge is 2.39. The molecule has 1 N–H and O–H groups in total. The number of carbonyl (C=O) groups excluding carboxylic acids is 3. The molecule has 32 heavy (non-hydrogen) atoms. The molecule has 182 valence electrons.